The van der Waals surface area contributed by atoms with E-state index in [4.69, 9.17) is 0 Å². The predicted octanol–water partition coefficient (Wildman–Crippen LogP) is 2.47. The molecular formula is C24H22FN3O4. The summed E-state index contributed by atoms with van der Waals surface area (Å²) in [4.78, 5) is 50.9. The van der Waals surface area contributed by atoms with Crippen molar-refractivity contribution in [2.45, 2.75) is 44.3 Å². The van der Waals surface area contributed by atoms with Gasteiger partial charge < -0.3 is 10.2 Å². The molecule has 1 saturated heterocycles. The van der Waals surface area contributed by atoms with E-state index >= 15 is 0 Å². The molecule has 2 N–H and O–H groups in total. The molecule has 4 amide bonds. The van der Waals surface area contributed by atoms with Crippen LogP contribution in [0.15, 0.2) is 42.5 Å². The smallest absolute Gasteiger partial charge is 0.255 e. The first-order chi connectivity index (χ1) is 15.4. The molecule has 0 bridgehead atoms. The van der Waals surface area contributed by atoms with Crippen molar-refractivity contribution in [1.82, 2.24) is 15.5 Å². The molecule has 7 nitrogen and oxygen atoms in total. The van der Waals surface area contributed by atoms with Crippen molar-refractivity contribution in [3.05, 3.63) is 70.5 Å². The third-order valence-electron chi connectivity index (χ3n) is 6.41. The molecule has 0 radical (unpaired) electrons. The zero-order valence-electron chi connectivity index (χ0n) is 17.3. The SMILES string of the molecule is O=C1CCC(N2Cc3cc(C(=O)N[C@H](c4ccccc4F)C4CC4)ccc3C2=O)C(=O)N1. The first kappa shape index (κ1) is 20.4. The molecule has 1 saturated carbocycles. The molecule has 0 aromatic heterocycles. The largest absolute Gasteiger partial charge is 0.345 e. The lowest BCUT2D eigenvalue weighted by Gasteiger charge is -2.29. The third-order valence-corrected chi connectivity index (χ3v) is 6.41. The molecule has 3 aliphatic rings. The number of benzene rings is 2. The Morgan fingerprint density at radius 2 is 1.88 bits per heavy atom. The first-order valence-electron chi connectivity index (χ1n) is 10.8. The average molecular weight is 435 g/mol. The number of piperidine rings is 1. The second kappa shape index (κ2) is 7.85. The Morgan fingerprint density at radius 3 is 2.59 bits per heavy atom. The van der Waals surface area contributed by atoms with Crippen LogP contribution in [0.5, 0.6) is 0 Å². The maximum Gasteiger partial charge on any atom is 0.255 e. The quantitative estimate of drug-likeness (QED) is 0.706. The summed E-state index contributed by atoms with van der Waals surface area (Å²) in [6, 6.07) is 10.2. The van der Waals surface area contributed by atoms with Gasteiger partial charge in [0.25, 0.3) is 11.8 Å². The molecule has 32 heavy (non-hydrogen) atoms. The summed E-state index contributed by atoms with van der Waals surface area (Å²) in [6.07, 6.45) is 2.32. The van der Waals surface area contributed by atoms with Crippen LogP contribution in [0.4, 0.5) is 4.39 Å². The van der Waals surface area contributed by atoms with E-state index in [9.17, 15) is 23.6 Å². The summed E-state index contributed by atoms with van der Waals surface area (Å²) in [7, 11) is 0. The number of nitrogens with one attached hydrogen (secondary N) is 2. The molecule has 2 heterocycles. The molecule has 2 aromatic rings. The van der Waals surface area contributed by atoms with Crippen molar-refractivity contribution in [2.75, 3.05) is 0 Å². The highest BCUT2D eigenvalue weighted by Gasteiger charge is 2.39. The van der Waals surface area contributed by atoms with Crippen molar-refractivity contribution in [1.29, 1.82) is 0 Å². The fraction of sp³-hybridized carbons (Fsp3) is 0.333. The van der Waals surface area contributed by atoms with Crippen LogP contribution in [0.2, 0.25) is 0 Å². The minimum absolute atomic E-state index is 0.183. The number of carbonyl (C=O) groups excluding carboxylic acids is 4. The van der Waals surface area contributed by atoms with Gasteiger partial charge in [0.2, 0.25) is 11.8 Å². The fourth-order valence-corrected chi connectivity index (χ4v) is 4.55. The Kier molecular flexibility index (Phi) is 5.00. The van der Waals surface area contributed by atoms with E-state index in [1.54, 1.807) is 36.4 Å². The predicted molar refractivity (Wildman–Crippen MR) is 112 cm³/mol. The lowest BCUT2D eigenvalue weighted by molar-refractivity contribution is -0.136. The van der Waals surface area contributed by atoms with Gasteiger partial charge in [0.05, 0.1) is 6.04 Å². The van der Waals surface area contributed by atoms with Gasteiger partial charge in [-0.15, -0.1) is 0 Å². The van der Waals surface area contributed by atoms with Gasteiger partial charge >= 0.3 is 0 Å². The van der Waals surface area contributed by atoms with Crippen LogP contribution >= 0.6 is 0 Å². The summed E-state index contributed by atoms with van der Waals surface area (Å²) >= 11 is 0. The van der Waals surface area contributed by atoms with Crippen molar-refractivity contribution in [3.8, 4) is 0 Å². The summed E-state index contributed by atoms with van der Waals surface area (Å²) in [5.74, 6) is -1.57. The summed E-state index contributed by atoms with van der Waals surface area (Å²) in [5.41, 5.74) is 1.95. The summed E-state index contributed by atoms with van der Waals surface area (Å²) in [5, 5.41) is 5.24. The number of amides is 4. The number of halogens is 1. The number of imide groups is 1. The van der Waals surface area contributed by atoms with E-state index in [-0.39, 0.29) is 48.8 Å². The molecule has 1 aliphatic carbocycles. The third kappa shape index (κ3) is 3.66. The normalized spacial score (nSPS) is 21.2. The molecule has 0 spiro atoms. The van der Waals surface area contributed by atoms with Crippen LogP contribution in [-0.2, 0) is 16.1 Å². The fourth-order valence-electron chi connectivity index (χ4n) is 4.55. The molecular weight excluding hydrogens is 413 g/mol. The zero-order valence-corrected chi connectivity index (χ0v) is 17.3. The van der Waals surface area contributed by atoms with Gasteiger partial charge in [0.1, 0.15) is 11.9 Å². The zero-order chi connectivity index (χ0) is 22.4. The second-order valence-corrected chi connectivity index (χ2v) is 8.58. The van der Waals surface area contributed by atoms with E-state index in [0.717, 1.165) is 12.8 Å². The van der Waals surface area contributed by atoms with E-state index in [1.165, 1.54) is 11.0 Å². The summed E-state index contributed by atoms with van der Waals surface area (Å²) in [6.45, 7) is 0.195. The number of fused-ring (bicyclic) bond motifs is 1. The van der Waals surface area contributed by atoms with Crippen LogP contribution in [0.25, 0.3) is 0 Å². The Hall–Kier alpha value is -3.55. The Morgan fingerprint density at radius 1 is 1.09 bits per heavy atom. The van der Waals surface area contributed by atoms with E-state index in [1.807, 2.05) is 0 Å². The van der Waals surface area contributed by atoms with Crippen LogP contribution in [0, 0.1) is 11.7 Å². The lowest BCUT2D eigenvalue weighted by atomic mass is 10.0. The van der Waals surface area contributed by atoms with Crippen molar-refractivity contribution < 1.29 is 23.6 Å². The number of nitrogens with zero attached hydrogens (tertiary/aromatic N) is 1. The molecule has 2 fully saturated rings. The Balaban J connectivity index is 1.34. The number of rotatable bonds is 5. The molecule has 1 unspecified atom stereocenters. The van der Waals surface area contributed by atoms with Gasteiger partial charge in [-0.05, 0) is 55.0 Å². The minimum atomic E-state index is -0.704. The minimum Gasteiger partial charge on any atom is -0.345 e. The molecule has 8 heteroatoms. The van der Waals surface area contributed by atoms with Gasteiger partial charge in [-0.1, -0.05) is 18.2 Å². The van der Waals surface area contributed by atoms with Crippen LogP contribution in [0.3, 0.4) is 0 Å². The van der Waals surface area contributed by atoms with Crippen LogP contribution in [-0.4, -0.2) is 34.6 Å². The molecule has 2 aliphatic heterocycles. The van der Waals surface area contributed by atoms with Crippen molar-refractivity contribution in [3.63, 3.8) is 0 Å². The number of carbonyl (C=O) groups is 4. The highest BCUT2D eigenvalue weighted by atomic mass is 19.1. The summed E-state index contributed by atoms with van der Waals surface area (Å²) < 4.78 is 14.3. The molecule has 164 valence electrons. The van der Waals surface area contributed by atoms with E-state index < -0.39 is 18.0 Å². The topological polar surface area (TPSA) is 95.6 Å². The highest BCUT2D eigenvalue weighted by Crippen LogP contribution is 2.42. The van der Waals surface area contributed by atoms with Crippen LogP contribution in [0.1, 0.15) is 63.6 Å². The number of hydrogen-bond acceptors (Lipinski definition) is 4. The number of hydrogen-bond donors (Lipinski definition) is 2. The molecule has 2 aromatic carbocycles. The lowest BCUT2D eigenvalue weighted by Crippen LogP contribution is -2.52. The van der Waals surface area contributed by atoms with Gasteiger partial charge in [-0.2, -0.15) is 0 Å². The average Bonchev–Trinajstić information content (AvgIpc) is 3.56. The maximum atomic E-state index is 14.3. The van der Waals surface area contributed by atoms with Crippen molar-refractivity contribution >= 4 is 23.6 Å². The second-order valence-electron chi connectivity index (χ2n) is 8.58. The van der Waals surface area contributed by atoms with Gasteiger partial charge in [-0.25, -0.2) is 4.39 Å². The maximum absolute atomic E-state index is 14.3. The first-order valence-corrected chi connectivity index (χ1v) is 10.8. The molecule has 5 rings (SSSR count). The Labute approximate surface area is 184 Å². The van der Waals surface area contributed by atoms with Gasteiger partial charge in [0, 0.05) is 29.7 Å². The highest BCUT2D eigenvalue weighted by molar-refractivity contribution is 6.06. The van der Waals surface area contributed by atoms with E-state index in [2.05, 4.69) is 10.6 Å². The van der Waals surface area contributed by atoms with Gasteiger partial charge in [-0.3, -0.25) is 24.5 Å². The van der Waals surface area contributed by atoms with Crippen LogP contribution < -0.4 is 10.6 Å². The van der Waals surface area contributed by atoms with E-state index in [0.29, 0.717) is 22.3 Å². The van der Waals surface area contributed by atoms with Gasteiger partial charge in [0.15, 0.2) is 0 Å². The Bertz CT molecular complexity index is 1140. The van der Waals surface area contributed by atoms with Crippen molar-refractivity contribution in [2.24, 2.45) is 5.92 Å². The standard InChI is InChI=1S/C24H22FN3O4/c25-18-4-2-1-3-17(18)21(13-5-6-13)27-22(30)14-7-8-16-15(11-14)12-28(24(16)32)19-9-10-20(29)26-23(19)31/h1-4,7-8,11,13,19,21H,5-6,9-10,12H2,(H,27,30)(H,26,29,31)/t19?,21-/m0/s1. The monoisotopic (exact) mass is 435 g/mol. The molecule has 2 atom stereocenters.